The summed E-state index contributed by atoms with van der Waals surface area (Å²) in [4.78, 5) is 25.6. The first-order valence-electron chi connectivity index (χ1n) is 6.23. The minimum atomic E-state index is -0.855. The maximum atomic E-state index is 11.8. The van der Waals surface area contributed by atoms with Crippen LogP contribution in [0.15, 0.2) is 21.9 Å². The molecule has 0 aliphatic carbocycles. The average Bonchev–Trinajstić information content (AvgIpc) is 2.79. The van der Waals surface area contributed by atoms with E-state index in [9.17, 15) is 14.7 Å². The van der Waals surface area contributed by atoms with Crippen LogP contribution >= 0.6 is 0 Å². The molecule has 0 aromatic carbocycles. The molecule has 0 bridgehead atoms. The van der Waals surface area contributed by atoms with E-state index in [1.54, 1.807) is 6.08 Å². The van der Waals surface area contributed by atoms with Crippen LogP contribution in [0.1, 0.15) is 18.2 Å². The van der Waals surface area contributed by atoms with Gasteiger partial charge in [-0.25, -0.2) is 4.79 Å². The zero-order valence-corrected chi connectivity index (χ0v) is 10.7. The number of nitrogens with zero attached hydrogens (tertiary/aromatic N) is 1. The van der Waals surface area contributed by atoms with Gasteiger partial charge >= 0.3 is 5.69 Å². The summed E-state index contributed by atoms with van der Waals surface area (Å²) in [5, 5.41) is 18.7. The molecule has 0 amide bonds. The van der Waals surface area contributed by atoms with E-state index >= 15 is 0 Å². The van der Waals surface area contributed by atoms with Crippen molar-refractivity contribution in [1.82, 2.24) is 9.55 Å². The Labute approximate surface area is 114 Å². The molecule has 2 heterocycles. The summed E-state index contributed by atoms with van der Waals surface area (Å²) in [5.74, 6) is 0. The lowest BCUT2D eigenvalue weighted by Crippen LogP contribution is -2.33. The smallest absolute Gasteiger partial charge is 0.330 e. The molecule has 3 atom stereocenters. The molecule has 0 radical (unpaired) electrons. The fourth-order valence-corrected chi connectivity index (χ4v) is 2.08. The second-order valence-electron chi connectivity index (χ2n) is 4.50. The molecule has 0 spiro atoms. The third kappa shape index (κ3) is 2.88. The van der Waals surface area contributed by atoms with Gasteiger partial charge in [0, 0.05) is 19.2 Å². The maximum absolute atomic E-state index is 11.8. The number of nitrogens with two attached hydrogens (primary N) is 1. The second kappa shape index (κ2) is 6.14. The molecule has 1 aromatic heterocycles. The molecule has 8 heteroatoms. The number of H-pyrrole nitrogens is 1. The van der Waals surface area contributed by atoms with Crippen molar-refractivity contribution in [1.29, 1.82) is 0 Å². The Hall–Kier alpha value is -1.74. The highest BCUT2D eigenvalue weighted by atomic mass is 16.5. The van der Waals surface area contributed by atoms with Gasteiger partial charge in [-0.1, -0.05) is 12.2 Å². The molecule has 0 saturated carbocycles. The third-order valence-corrected chi connectivity index (χ3v) is 3.12. The van der Waals surface area contributed by atoms with E-state index in [0.717, 1.165) is 0 Å². The number of nitrogens with one attached hydrogen (secondary N) is 1. The topological polar surface area (TPSA) is 131 Å². The zero-order chi connectivity index (χ0) is 14.7. The molecule has 0 unspecified atom stereocenters. The molecule has 8 nitrogen and oxygen atoms in total. The predicted molar refractivity (Wildman–Crippen MR) is 71.0 cm³/mol. The van der Waals surface area contributed by atoms with E-state index in [4.69, 9.17) is 15.6 Å². The van der Waals surface area contributed by atoms with Gasteiger partial charge < -0.3 is 20.7 Å². The molecule has 1 aliphatic rings. The fraction of sp³-hybridized carbons (Fsp3) is 0.500. The average molecular weight is 283 g/mol. The molecule has 1 aromatic rings. The number of hydrogen-bond acceptors (Lipinski definition) is 6. The predicted octanol–water partition coefficient (Wildman–Crippen LogP) is -1.85. The summed E-state index contributed by atoms with van der Waals surface area (Å²) in [7, 11) is 0. The first-order chi connectivity index (χ1) is 9.56. The van der Waals surface area contributed by atoms with Crippen LogP contribution in [0.25, 0.3) is 6.08 Å². The number of ether oxygens (including phenoxy) is 1. The molecule has 1 aliphatic heterocycles. The number of rotatable bonds is 4. The Balaban J connectivity index is 2.35. The highest BCUT2D eigenvalue weighted by Crippen LogP contribution is 2.27. The molecule has 110 valence electrons. The molecule has 1 fully saturated rings. The van der Waals surface area contributed by atoms with Crippen molar-refractivity contribution in [2.75, 3.05) is 13.2 Å². The number of hydrogen-bond donors (Lipinski definition) is 4. The van der Waals surface area contributed by atoms with E-state index in [1.165, 1.54) is 16.8 Å². The van der Waals surface area contributed by atoms with E-state index in [-0.39, 0.29) is 25.1 Å². The molecule has 2 rings (SSSR count). The van der Waals surface area contributed by atoms with E-state index in [2.05, 4.69) is 4.98 Å². The van der Waals surface area contributed by atoms with Crippen LogP contribution < -0.4 is 17.0 Å². The highest BCUT2D eigenvalue weighted by Gasteiger charge is 2.35. The van der Waals surface area contributed by atoms with Crippen LogP contribution in [0.5, 0.6) is 0 Å². The first-order valence-corrected chi connectivity index (χ1v) is 6.23. The Kier molecular flexibility index (Phi) is 4.50. The quantitative estimate of drug-likeness (QED) is 0.513. The van der Waals surface area contributed by atoms with Crippen LogP contribution in [0.2, 0.25) is 0 Å². The Morgan fingerprint density at radius 2 is 2.30 bits per heavy atom. The monoisotopic (exact) mass is 283 g/mol. The van der Waals surface area contributed by atoms with Gasteiger partial charge in [0.1, 0.15) is 12.3 Å². The van der Waals surface area contributed by atoms with Gasteiger partial charge in [-0.05, 0) is 0 Å². The number of aliphatic hydroxyl groups is 2. The highest BCUT2D eigenvalue weighted by molar-refractivity contribution is 5.46. The van der Waals surface area contributed by atoms with Crippen LogP contribution in [0.4, 0.5) is 0 Å². The maximum Gasteiger partial charge on any atom is 0.330 e. The second-order valence-corrected chi connectivity index (χ2v) is 4.50. The van der Waals surface area contributed by atoms with Gasteiger partial charge in [0.15, 0.2) is 0 Å². The van der Waals surface area contributed by atoms with Crippen LogP contribution in [-0.4, -0.2) is 45.1 Å². The van der Waals surface area contributed by atoms with Gasteiger partial charge in [-0.3, -0.25) is 14.3 Å². The SMILES string of the molecule is NCC=Cc1cn([C@H]2C[C@H](O)[C@@H](CO)O2)c(=O)[nH]c1=O. The normalized spacial score (nSPS) is 26.4. The minimum Gasteiger partial charge on any atom is -0.394 e. The van der Waals surface area contributed by atoms with E-state index in [1.807, 2.05) is 0 Å². The first kappa shape index (κ1) is 14.7. The van der Waals surface area contributed by atoms with Gasteiger partial charge in [-0.2, -0.15) is 0 Å². The van der Waals surface area contributed by atoms with Crippen molar-refractivity contribution in [2.24, 2.45) is 5.73 Å². The standard InChI is InChI=1S/C12H17N3O5/c13-3-1-2-7-5-15(12(19)14-11(7)18)10-4-8(17)9(6-16)20-10/h1-2,5,8-10,16-17H,3-4,6,13H2,(H,14,18,19)/t8-,9+,10+/m0/s1. The Bertz CT molecular complexity index is 606. The van der Waals surface area contributed by atoms with Crippen molar-refractivity contribution in [3.05, 3.63) is 38.7 Å². The lowest BCUT2D eigenvalue weighted by Gasteiger charge is -2.14. The van der Waals surface area contributed by atoms with Crippen molar-refractivity contribution >= 4 is 6.08 Å². The fourth-order valence-electron chi connectivity index (χ4n) is 2.08. The number of aromatic amines is 1. The van der Waals surface area contributed by atoms with Gasteiger partial charge in [0.25, 0.3) is 5.56 Å². The Morgan fingerprint density at radius 3 is 2.90 bits per heavy atom. The minimum absolute atomic E-state index is 0.164. The largest absolute Gasteiger partial charge is 0.394 e. The van der Waals surface area contributed by atoms with Gasteiger partial charge in [0.05, 0.1) is 18.3 Å². The summed E-state index contributed by atoms with van der Waals surface area (Å²) in [6.45, 7) is -0.0699. The summed E-state index contributed by atoms with van der Waals surface area (Å²) >= 11 is 0. The Morgan fingerprint density at radius 1 is 1.55 bits per heavy atom. The summed E-state index contributed by atoms with van der Waals surface area (Å²) in [6, 6.07) is 0. The van der Waals surface area contributed by atoms with Crippen LogP contribution in [-0.2, 0) is 4.74 Å². The van der Waals surface area contributed by atoms with Crippen LogP contribution in [0.3, 0.4) is 0 Å². The van der Waals surface area contributed by atoms with Crippen molar-refractivity contribution in [3.63, 3.8) is 0 Å². The molecular formula is C12H17N3O5. The van der Waals surface area contributed by atoms with Crippen LogP contribution in [0, 0.1) is 0 Å². The van der Waals surface area contributed by atoms with E-state index < -0.39 is 29.7 Å². The molecule has 5 N–H and O–H groups in total. The summed E-state index contributed by atoms with van der Waals surface area (Å²) < 4.78 is 6.57. The molecular weight excluding hydrogens is 266 g/mol. The summed E-state index contributed by atoms with van der Waals surface area (Å²) in [5.41, 5.74) is 4.43. The summed E-state index contributed by atoms with van der Waals surface area (Å²) in [6.07, 6.45) is 2.29. The van der Waals surface area contributed by atoms with Gasteiger partial charge in [-0.15, -0.1) is 0 Å². The lowest BCUT2D eigenvalue weighted by molar-refractivity contribution is -0.0459. The van der Waals surface area contributed by atoms with Gasteiger partial charge in [0.2, 0.25) is 0 Å². The number of aliphatic hydroxyl groups excluding tert-OH is 2. The molecule has 20 heavy (non-hydrogen) atoms. The van der Waals surface area contributed by atoms with E-state index in [0.29, 0.717) is 0 Å². The van der Waals surface area contributed by atoms with Crippen molar-refractivity contribution in [3.8, 4) is 0 Å². The third-order valence-electron chi connectivity index (χ3n) is 3.12. The number of aromatic nitrogens is 2. The van der Waals surface area contributed by atoms with Crippen molar-refractivity contribution in [2.45, 2.75) is 24.9 Å². The van der Waals surface area contributed by atoms with Crippen molar-refractivity contribution < 1.29 is 14.9 Å². The lowest BCUT2D eigenvalue weighted by atomic mass is 10.2. The zero-order valence-electron chi connectivity index (χ0n) is 10.7. The molecule has 1 saturated heterocycles.